The van der Waals surface area contributed by atoms with E-state index in [0.717, 1.165) is 67.9 Å². The second-order valence-electron chi connectivity index (χ2n) is 10.5. The van der Waals surface area contributed by atoms with Crippen LogP contribution in [0.15, 0.2) is 71.7 Å². The summed E-state index contributed by atoms with van der Waals surface area (Å²) in [7, 11) is 0. The summed E-state index contributed by atoms with van der Waals surface area (Å²) in [5, 5.41) is 1.38. The van der Waals surface area contributed by atoms with Crippen molar-refractivity contribution in [1.29, 1.82) is 0 Å². The molecular formula is C32H35ClN4O. The van der Waals surface area contributed by atoms with Gasteiger partial charge in [-0.1, -0.05) is 48.0 Å². The molecule has 38 heavy (non-hydrogen) atoms. The number of hydrogen-bond donors (Lipinski definition) is 0. The average molecular weight is 527 g/mol. The van der Waals surface area contributed by atoms with E-state index in [9.17, 15) is 4.79 Å². The quantitative estimate of drug-likeness (QED) is 0.279. The summed E-state index contributed by atoms with van der Waals surface area (Å²) >= 11 is 0. The molecule has 6 heteroatoms. The third kappa shape index (κ3) is 4.77. The molecule has 4 heterocycles. The third-order valence-corrected chi connectivity index (χ3v) is 7.98. The van der Waals surface area contributed by atoms with Crippen LogP contribution in [0.2, 0.25) is 0 Å². The number of aromatic nitrogens is 3. The molecule has 5 nitrogen and oxygen atoms in total. The molecule has 0 unspecified atom stereocenters. The third-order valence-electron chi connectivity index (χ3n) is 7.98. The molecule has 2 aromatic carbocycles. The number of nitrogens with zero attached hydrogens (tertiary/aromatic N) is 4. The molecule has 1 aliphatic heterocycles. The first-order valence-corrected chi connectivity index (χ1v) is 13.3. The zero-order valence-electron chi connectivity index (χ0n) is 22.4. The van der Waals surface area contributed by atoms with E-state index in [1.54, 1.807) is 4.40 Å². The Morgan fingerprint density at radius 1 is 0.921 bits per heavy atom. The Morgan fingerprint density at radius 3 is 2.55 bits per heavy atom. The Bertz CT molecular complexity index is 1670. The minimum atomic E-state index is 0. The van der Waals surface area contributed by atoms with Gasteiger partial charge >= 0.3 is 0 Å². The Kier molecular flexibility index (Phi) is 7.42. The van der Waals surface area contributed by atoms with Gasteiger partial charge in [-0.25, -0.2) is 4.98 Å². The highest BCUT2D eigenvalue weighted by molar-refractivity contribution is 5.86. The van der Waals surface area contributed by atoms with E-state index in [2.05, 4.69) is 64.9 Å². The van der Waals surface area contributed by atoms with Gasteiger partial charge in [0.1, 0.15) is 5.65 Å². The van der Waals surface area contributed by atoms with Crippen LogP contribution in [-0.4, -0.2) is 31.9 Å². The Labute approximate surface area is 230 Å². The number of benzene rings is 2. The molecule has 0 aliphatic carbocycles. The Balaban J connectivity index is 0.00000294. The summed E-state index contributed by atoms with van der Waals surface area (Å²) in [6, 6.07) is 21.6. The van der Waals surface area contributed by atoms with Gasteiger partial charge in [-0.2, -0.15) is 0 Å². The fraction of sp³-hybridized carbons (Fsp3) is 0.312. The molecule has 0 amide bonds. The normalized spacial score (nSPS) is 13.6. The summed E-state index contributed by atoms with van der Waals surface area (Å²) in [6.07, 6.45) is 4.62. The van der Waals surface area contributed by atoms with E-state index in [0.29, 0.717) is 0 Å². The SMILES string of the molecule is Cc1ccc2c(c1)c1c(n2CCc2ccccc2)CCN(CCc2c(C)nc3c(C)cccn3c2=O)C1.Cl. The minimum absolute atomic E-state index is 0. The van der Waals surface area contributed by atoms with Crippen molar-refractivity contribution in [2.75, 3.05) is 13.1 Å². The molecule has 0 spiro atoms. The van der Waals surface area contributed by atoms with Gasteiger partial charge in [0.25, 0.3) is 5.56 Å². The van der Waals surface area contributed by atoms with E-state index in [1.807, 2.05) is 32.2 Å². The topological polar surface area (TPSA) is 42.5 Å². The minimum Gasteiger partial charge on any atom is -0.344 e. The molecule has 0 N–H and O–H groups in total. The van der Waals surface area contributed by atoms with Crippen LogP contribution in [-0.2, 0) is 32.4 Å². The van der Waals surface area contributed by atoms with Crippen molar-refractivity contribution in [1.82, 2.24) is 18.9 Å². The summed E-state index contributed by atoms with van der Waals surface area (Å²) in [5.74, 6) is 0. The fourth-order valence-corrected chi connectivity index (χ4v) is 5.95. The molecule has 1 aliphatic rings. The molecule has 0 bridgehead atoms. The predicted molar refractivity (Wildman–Crippen MR) is 158 cm³/mol. The largest absolute Gasteiger partial charge is 0.344 e. The van der Waals surface area contributed by atoms with Crippen LogP contribution >= 0.6 is 12.4 Å². The van der Waals surface area contributed by atoms with Crippen molar-refractivity contribution in [3.63, 3.8) is 0 Å². The lowest BCUT2D eigenvalue weighted by molar-refractivity contribution is 0.254. The maximum absolute atomic E-state index is 13.3. The zero-order chi connectivity index (χ0) is 25.5. The summed E-state index contributed by atoms with van der Waals surface area (Å²) < 4.78 is 4.26. The number of aryl methyl sites for hydroxylation is 5. The monoisotopic (exact) mass is 526 g/mol. The Hall–Kier alpha value is -3.41. The fourth-order valence-electron chi connectivity index (χ4n) is 5.95. The second-order valence-corrected chi connectivity index (χ2v) is 10.5. The van der Waals surface area contributed by atoms with Crippen molar-refractivity contribution >= 4 is 29.0 Å². The van der Waals surface area contributed by atoms with Crippen LogP contribution in [0.25, 0.3) is 16.6 Å². The highest BCUT2D eigenvalue weighted by Crippen LogP contribution is 2.32. The van der Waals surface area contributed by atoms with Gasteiger partial charge in [0.05, 0.1) is 0 Å². The lowest BCUT2D eigenvalue weighted by Gasteiger charge is -2.28. The van der Waals surface area contributed by atoms with Crippen molar-refractivity contribution in [2.45, 2.75) is 53.1 Å². The lowest BCUT2D eigenvalue weighted by atomic mass is 10.0. The van der Waals surface area contributed by atoms with Crippen molar-refractivity contribution in [3.8, 4) is 0 Å². The zero-order valence-corrected chi connectivity index (χ0v) is 23.2. The molecule has 0 radical (unpaired) electrons. The molecular weight excluding hydrogens is 492 g/mol. The lowest BCUT2D eigenvalue weighted by Crippen LogP contribution is -2.34. The number of fused-ring (bicyclic) bond motifs is 4. The van der Waals surface area contributed by atoms with E-state index in [-0.39, 0.29) is 18.0 Å². The standard InChI is InChI=1S/C32H34N4O.ClH/c1-22-11-12-29-27(20-22)28-21-34(18-15-30(28)35(29)19-13-25-9-5-4-6-10-25)17-14-26-24(3)33-31-23(2)8-7-16-36(31)32(26)37;/h4-12,16,20H,13-15,17-19,21H2,1-3H3;1H. The maximum atomic E-state index is 13.3. The van der Waals surface area contributed by atoms with Crippen molar-refractivity contribution < 1.29 is 0 Å². The van der Waals surface area contributed by atoms with E-state index < -0.39 is 0 Å². The van der Waals surface area contributed by atoms with Gasteiger partial charge < -0.3 is 4.57 Å². The molecule has 0 saturated heterocycles. The van der Waals surface area contributed by atoms with E-state index in [4.69, 9.17) is 4.98 Å². The first kappa shape index (κ1) is 26.2. The van der Waals surface area contributed by atoms with Crippen LogP contribution in [0.5, 0.6) is 0 Å². The van der Waals surface area contributed by atoms with Gasteiger partial charge in [-0.15, -0.1) is 12.4 Å². The van der Waals surface area contributed by atoms with E-state index >= 15 is 0 Å². The van der Waals surface area contributed by atoms with Crippen LogP contribution < -0.4 is 5.56 Å². The maximum Gasteiger partial charge on any atom is 0.261 e. The highest BCUT2D eigenvalue weighted by atomic mass is 35.5. The van der Waals surface area contributed by atoms with Gasteiger partial charge in [-0.05, 0) is 68.5 Å². The molecule has 0 atom stereocenters. The van der Waals surface area contributed by atoms with Crippen LogP contribution in [0, 0.1) is 20.8 Å². The predicted octanol–water partition coefficient (Wildman–Crippen LogP) is 5.84. The summed E-state index contributed by atoms with van der Waals surface area (Å²) in [6.45, 7) is 9.94. The molecule has 3 aromatic heterocycles. The van der Waals surface area contributed by atoms with Gasteiger partial charge in [0.15, 0.2) is 0 Å². The first-order valence-electron chi connectivity index (χ1n) is 13.3. The van der Waals surface area contributed by atoms with Crippen molar-refractivity contribution in [2.24, 2.45) is 0 Å². The highest BCUT2D eigenvalue weighted by Gasteiger charge is 2.24. The van der Waals surface area contributed by atoms with Gasteiger partial charge in [0, 0.05) is 66.7 Å². The number of pyridine rings is 1. The number of halogens is 1. The van der Waals surface area contributed by atoms with Crippen LogP contribution in [0.1, 0.15) is 39.2 Å². The molecule has 0 fully saturated rings. The Morgan fingerprint density at radius 2 is 1.74 bits per heavy atom. The van der Waals surface area contributed by atoms with E-state index in [1.165, 1.54) is 33.3 Å². The number of rotatable bonds is 6. The summed E-state index contributed by atoms with van der Waals surface area (Å²) in [4.78, 5) is 20.6. The molecule has 0 saturated carbocycles. The second kappa shape index (κ2) is 10.8. The summed E-state index contributed by atoms with van der Waals surface area (Å²) in [5.41, 5.74) is 10.5. The molecule has 5 aromatic rings. The van der Waals surface area contributed by atoms with Crippen LogP contribution in [0.3, 0.4) is 0 Å². The first-order chi connectivity index (χ1) is 18.0. The molecule has 6 rings (SSSR count). The smallest absolute Gasteiger partial charge is 0.261 e. The van der Waals surface area contributed by atoms with Crippen molar-refractivity contribution in [3.05, 3.63) is 116 Å². The number of hydrogen-bond acceptors (Lipinski definition) is 3. The van der Waals surface area contributed by atoms with Crippen LogP contribution in [0.4, 0.5) is 0 Å². The van der Waals surface area contributed by atoms with Gasteiger partial charge in [0.2, 0.25) is 0 Å². The molecule has 196 valence electrons. The average Bonchev–Trinajstić information content (AvgIpc) is 3.20. The van der Waals surface area contributed by atoms with Gasteiger partial charge in [-0.3, -0.25) is 14.1 Å².